The number of rotatable bonds is 5. The summed E-state index contributed by atoms with van der Waals surface area (Å²) in [5, 5.41) is 6.40. The zero-order chi connectivity index (χ0) is 19.7. The van der Waals surface area contributed by atoms with Gasteiger partial charge in [0.15, 0.2) is 5.78 Å². The molecule has 2 heterocycles. The number of carbonyl (C=O) groups is 3. The lowest BCUT2D eigenvalue weighted by atomic mass is 9.93. The van der Waals surface area contributed by atoms with Gasteiger partial charge in [0.05, 0.1) is 17.7 Å². The van der Waals surface area contributed by atoms with Gasteiger partial charge in [0, 0.05) is 29.4 Å². The highest BCUT2D eigenvalue weighted by Crippen LogP contribution is 2.31. The Morgan fingerprint density at radius 3 is 2.64 bits per heavy atom. The average Bonchev–Trinajstić information content (AvgIpc) is 3.29. The summed E-state index contributed by atoms with van der Waals surface area (Å²) in [5.41, 5.74) is 2.90. The minimum Gasteiger partial charge on any atom is -0.302 e. The van der Waals surface area contributed by atoms with Gasteiger partial charge in [0.1, 0.15) is 6.29 Å². The third kappa shape index (κ3) is 3.62. The number of allylic oxidation sites excluding steroid dienone is 1. The second-order valence-corrected chi connectivity index (χ2v) is 8.59. The lowest BCUT2D eigenvalue weighted by molar-refractivity contribution is -0.131. The normalized spacial score (nSPS) is 24.2. The summed E-state index contributed by atoms with van der Waals surface area (Å²) in [6, 6.07) is 7.64. The van der Waals surface area contributed by atoms with Crippen molar-refractivity contribution in [3.8, 4) is 0 Å². The van der Waals surface area contributed by atoms with Gasteiger partial charge in [-0.3, -0.25) is 14.5 Å². The largest absolute Gasteiger partial charge is 0.302 e. The van der Waals surface area contributed by atoms with Crippen LogP contribution in [0.25, 0.3) is 0 Å². The lowest BCUT2D eigenvalue weighted by Crippen LogP contribution is -2.40. The Hall–Kier alpha value is -2.09. The van der Waals surface area contributed by atoms with Crippen LogP contribution in [0.4, 0.5) is 0 Å². The van der Waals surface area contributed by atoms with E-state index >= 15 is 0 Å². The second kappa shape index (κ2) is 8.11. The number of hydrogen-bond donors (Lipinski definition) is 1. The molecule has 0 saturated carbocycles. The van der Waals surface area contributed by atoms with Crippen molar-refractivity contribution in [2.45, 2.75) is 25.3 Å². The number of carbonyl (C=O) groups excluding carboxylic acids is 3. The molecule has 1 aromatic carbocycles. The number of thioether (sulfide) groups is 1. The maximum absolute atomic E-state index is 13.1. The van der Waals surface area contributed by atoms with E-state index in [1.54, 1.807) is 17.0 Å². The van der Waals surface area contributed by atoms with Crippen LogP contribution in [-0.4, -0.2) is 40.3 Å². The zero-order valence-corrected chi connectivity index (χ0v) is 16.8. The number of amides is 1. The van der Waals surface area contributed by atoms with Crippen molar-refractivity contribution in [3.63, 3.8) is 0 Å². The summed E-state index contributed by atoms with van der Waals surface area (Å²) in [6.45, 7) is 0.361. The molecule has 1 saturated heterocycles. The van der Waals surface area contributed by atoms with E-state index in [0.29, 0.717) is 23.5 Å². The summed E-state index contributed by atoms with van der Waals surface area (Å²) in [4.78, 5) is 39.4. The molecule has 1 N–H and O–H groups in total. The molecule has 2 atom stereocenters. The fourth-order valence-electron chi connectivity index (χ4n) is 4.11. The topological polar surface area (TPSA) is 66.5 Å². The Labute approximate surface area is 173 Å². The summed E-state index contributed by atoms with van der Waals surface area (Å²) in [6.07, 6.45) is 4.49. The van der Waals surface area contributed by atoms with Crippen molar-refractivity contribution in [3.05, 3.63) is 58.1 Å². The van der Waals surface area contributed by atoms with Gasteiger partial charge >= 0.3 is 0 Å². The molecule has 144 valence electrons. The zero-order valence-electron chi connectivity index (χ0n) is 15.2. The fourth-order valence-corrected chi connectivity index (χ4v) is 5.08. The summed E-state index contributed by atoms with van der Waals surface area (Å²) in [5.74, 6) is -0.835. The van der Waals surface area contributed by atoms with E-state index in [1.807, 2.05) is 12.1 Å². The Morgan fingerprint density at radius 2 is 1.96 bits per heavy atom. The Morgan fingerprint density at radius 1 is 1.25 bits per heavy atom. The average molecular weight is 413 g/mol. The number of nitrogens with one attached hydrogen (secondary N) is 1. The number of nitrogens with zero attached hydrogens (tertiary/aromatic N) is 1. The third-order valence-electron chi connectivity index (χ3n) is 5.49. The van der Waals surface area contributed by atoms with Crippen molar-refractivity contribution >= 4 is 46.8 Å². The highest BCUT2D eigenvalue weighted by atomic mass is 32.2. The molecule has 0 spiro atoms. The van der Waals surface area contributed by atoms with E-state index in [9.17, 15) is 14.4 Å². The van der Waals surface area contributed by atoms with Crippen LogP contribution in [0, 0.1) is 11.8 Å². The smallest absolute Gasteiger partial charge is 0.231 e. The van der Waals surface area contributed by atoms with E-state index in [4.69, 9.17) is 12.2 Å². The van der Waals surface area contributed by atoms with Gasteiger partial charge in [-0.1, -0.05) is 36.5 Å². The van der Waals surface area contributed by atoms with Crippen molar-refractivity contribution in [1.29, 1.82) is 0 Å². The molecule has 1 aliphatic carbocycles. The molecule has 1 fully saturated rings. The second-order valence-electron chi connectivity index (χ2n) is 7.29. The summed E-state index contributed by atoms with van der Waals surface area (Å²) < 4.78 is 0. The number of fused-ring (bicyclic) bond motifs is 1. The minimum absolute atomic E-state index is 0.103. The van der Waals surface area contributed by atoms with E-state index in [0.717, 1.165) is 19.1 Å². The van der Waals surface area contributed by atoms with Crippen LogP contribution in [0.2, 0.25) is 0 Å². The van der Waals surface area contributed by atoms with Crippen LogP contribution >= 0.6 is 24.0 Å². The molecular weight excluding hydrogens is 392 g/mol. The number of ketones is 1. The van der Waals surface area contributed by atoms with Crippen LogP contribution in [0.1, 0.15) is 17.5 Å². The number of aldehydes is 1. The van der Waals surface area contributed by atoms with E-state index in [-0.39, 0.29) is 17.6 Å². The number of Topliss-reactive ketones (excluding diaryl/α,β-unsaturated/α-hetero) is 1. The van der Waals surface area contributed by atoms with Gasteiger partial charge in [-0.2, -0.15) is 0 Å². The molecule has 1 unspecified atom stereocenters. The predicted octanol–water partition coefficient (Wildman–Crippen LogP) is 2.41. The first-order chi connectivity index (χ1) is 13.6. The summed E-state index contributed by atoms with van der Waals surface area (Å²) in [7, 11) is 0. The van der Waals surface area contributed by atoms with Crippen LogP contribution in [0.15, 0.2) is 47.0 Å². The van der Waals surface area contributed by atoms with Crippen molar-refractivity contribution in [2.75, 3.05) is 6.54 Å². The first kappa shape index (κ1) is 19.2. The molecule has 28 heavy (non-hydrogen) atoms. The Bertz CT molecular complexity index is 884. The van der Waals surface area contributed by atoms with Crippen LogP contribution in [0.5, 0.6) is 0 Å². The molecule has 2 aliphatic heterocycles. The van der Waals surface area contributed by atoms with Gasteiger partial charge in [0.25, 0.3) is 0 Å². The first-order valence-electron chi connectivity index (χ1n) is 9.25. The predicted molar refractivity (Wildman–Crippen MR) is 113 cm³/mol. The highest BCUT2D eigenvalue weighted by molar-refractivity contribution is 8.05. The van der Waals surface area contributed by atoms with Crippen LogP contribution < -0.4 is 5.32 Å². The maximum atomic E-state index is 13.1. The molecule has 1 amide bonds. The van der Waals surface area contributed by atoms with Gasteiger partial charge < -0.3 is 10.1 Å². The summed E-state index contributed by atoms with van der Waals surface area (Å²) >= 11 is 6.64. The molecule has 3 aliphatic rings. The standard InChI is InChI=1S/C21H20N2O3S2/c24-11-16-20(18(27)10-22-16)21(26)17-12-28-6-5-23(17)19(25)9-13-7-14-3-1-2-4-15(14)8-13/h1-6,11-13,16,20,22H,7-10H2/t16-,20?/m1/s1. The van der Waals surface area contributed by atoms with E-state index in [1.165, 1.54) is 27.8 Å². The van der Waals surface area contributed by atoms with Crippen LogP contribution in [0.3, 0.4) is 0 Å². The van der Waals surface area contributed by atoms with Gasteiger partial charge in [0.2, 0.25) is 5.91 Å². The Balaban J connectivity index is 1.48. The molecule has 5 nitrogen and oxygen atoms in total. The number of thiocarbonyl (C=S) groups is 1. The fraction of sp³-hybridized carbons (Fsp3) is 0.333. The molecule has 7 heteroatoms. The quantitative estimate of drug-likeness (QED) is 0.592. The van der Waals surface area contributed by atoms with Crippen LogP contribution in [-0.2, 0) is 27.2 Å². The minimum atomic E-state index is -0.697. The molecule has 0 radical (unpaired) electrons. The SMILES string of the molecule is O=C[C@H]1NCC(=S)C1C(=O)C1=CSC=CN1C(=O)CC1Cc2ccccc2C1. The van der Waals surface area contributed by atoms with Gasteiger partial charge in [-0.15, -0.1) is 11.8 Å². The van der Waals surface area contributed by atoms with Crippen molar-refractivity contribution in [2.24, 2.45) is 11.8 Å². The van der Waals surface area contributed by atoms with E-state index < -0.39 is 12.0 Å². The van der Waals surface area contributed by atoms with Crippen molar-refractivity contribution < 1.29 is 14.4 Å². The maximum Gasteiger partial charge on any atom is 0.231 e. The number of benzene rings is 1. The third-order valence-corrected chi connectivity index (χ3v) is 6.53. The monoisotopic (exact) mass is 412 g/mol. The van der Waals surface area contributed by atoms with E-state index in [2.05, 4.69) is 17.4 Å². The van der Waals surface area contributed by atoms with Gasteiger partial charge in [-0.25, -0.2) is 0 Å². The molecule has 0 aromatic heterocycles. The molecule has 0 bridgehead atoms. The molecular formula is C21H20N2O3S2. The van der Waals surface area contributed by atoms with Gasteiger partial charge in [-0.05, 0) is 35.3 Å². The molecule has 4 rings (SSSR count). The lowest BCUT2D eigenvalue weighted by Gasteiger charge is -2.26. The highest BCUT2D eigenvalue weighted by Gasteiger charge is 2.40. The number of hydrogen-bond acceptors (Lipinski definition) is 6. The first-order valence-corrected chi connectivity index (χ1v) is 10.6. The Kier molecular flexibility index (Phi) is 5.57. The molecule has 1 aromatic rings. The van der Waals surface area contributed by atoms with Crippen molar-refractivity contribution in [1.82, 2.24) is 10.2 Å².